The van der Waals surface area contributed by atoms with E-state index in [1.54, 1.807) is 12.1 Å². The number of nitrogens with one attached hydrogen (secondary N) is 2. The maximum atomic E-state index is 14.5. The number of aromatic nitrogens is 1. The minimum absolute atomic E-state index is 0.00704. The molecular formula is C24H23F3N2O2. The number of H-pyrrole nitrogens is 1. The van der Waals surface area contributed by atoms with Crippen LogP contribution >= 0.6 is 0 Å². The summed E-state index contributed by atoms with van der Waals surface area (Å²) in [6, 6.07) is 8.02. The number of benzene rings is 2. The average Bonchev–Trinajstić information content (AvgIpc) is 3.25. The van der Waals surface area contributed by atoms with Gasteiger partial charge in [-0.05, 0) is 79.5 Å². The smallest absolute Gasteiger partial charge is 0.223 e. The number of hydrogen-bond donors (Lipinski definition) is 3. The molecule has 4 nitrogen and oxygen atoms in total. The first kappa shape index (κ1) is 20.1. The van der Waals surface area contributed by atoms with Crippen molar-refractivity contribution in [1.82, 2.24) is 10.3 Å². The van der Waals surface area contributed by atoms with Crippen LogP contribution in [0.3, 0.4) is 0 Å². The van der Waals surface area contributed by atoms with Crippen LogP contribution in [-0.4, -0.2) is 28.1 Å². The van der Waals surface area contributed by atoms with Crippen LogP contribution in [0.15, 0.2) is 36.4 Å². The Balaban J connectivity index is 1.43. The number of aliphatic hydroxyl groups is 1. The third-order valence-corrected chi connectivity index (χ3v) is 6.67. The number of aliphatic hydroxyl groups excluding tert-OH is 1. The summed E-state index contributed by atoms with van der Waals surface area (Å²) < 4.78 is 41.9. The molecule has 162 valence electrons. The lowest BCUT2D eigenvalue weighted by molar-refractivity contribution is -0.128. The molecule has 0 radical (unpaired) electrons. The monoisotopic (exact) mass is 428 g/mol. The van der Waals surface area contributed by atoms with E-state index >= 15 is 0 Å². The molecule has 3 aromatic rings. The van der Waals surface area contributed by atoms with E-state index in [0.717, 1.165) is 18.1 Å². The largest absolute Gasteiger partial charge is 0.393 e. The van der Waals surface area contributed by atoms with Crippen molar-refractivity contribution >= 4 is 16.8 Å². The Morgan fingerprint density at radius 1 is 1.00 bits per heavy atom. The van der Waals surface area contributed by atoms with Crippen LogP contribution in [0.25, 0.3) is 22.2 Å². The Morgan fingerprint density at radius 2 is 1.74 bits per heavy atom. The summed E-state index contributed by atoms with van der Waals surface area (Å²) in [5, 5.41) is 13.1. The van der Waals surface area contributed by atoms with Gasteiger partial charge in [-0.25, -0.2) is 13.2 Å². The lowest BCUT2D eigenvalue weighted by Gasteiger charge is -2.35. The molecule has 7 heteroatoms. The Bertz CT molecular complexity index is 1140. The Kier molecular flexibility index (Phi) is 5.01. The highest BCUT2D eigenvalue weighted by atomic mass is 19.1. The van der Waals surface area contributed by atoms with Gasteiger partial charge < -0.3 is 15.4 Å². The van der Waals surface area contributed by atoms with Gasteiger partial charge in [0.2, 0.25) is 5.91 Å². The molecule has 1 aromatic heterocycles. The van der Waals surface area contributed by atoms with E-state index in [2.05, 4.69) is 10.3 Å². The minimum Gasteiger partial charge on any atom is -0.393 e. The van der Waals surface area contributed by atoms with Gasteiger partial charge in [0.15, 0.2) is 0 Å². The summed E-state index contributed by atoms with van der Waals surface area (Å²) in [5.74, 6) is -1.97. The van der Waals surface area contributed by atoms with Gasteiger partial charge >= 0.3 is 0 Å². The Morgan fingerprint density at radius 3 is 2.42 bits per heavy atom. The predicted octanol–water partition coefficient (Wildman–Crippen LogP) is 4.78. The van der Waals surface area contributed by atoms with Crippen LogP contribution in [0.1, 0.15) is 43.6 Å². The lowest BCUT2D eigenvalue weighted by atomic mass is 9.69. The van der Waals surface area contributed by atoms with Gasteiger partial charge in [-0.3, -0.25) is 4.79 Å². The number of carbonyl (C=O) groups excluding carboxylic acids is 1. The molecule has 3 N–H and O–H groups in total. The summed E-state index contributed by atoms with van der Waals surface area (Å²) in [4.78, 5) is 15.7. The molecule has 0 bridgehead atoms. The first-order valence-corrected chi connectivity index (χ1v) is 10.6. The quantitative estimate of drug-likeness (QED) is 0.560. The van der Waals surface area contributed by atoms with E-state index in [-0.39, 0.29) is 41.2 Å². The number of amides is 1. The van der Waals surface area contributed by atoms with Crippen molar-refractivity contribution in [3.05, 3.63) is 59.4 Å². The first-order valence-electron chi connectivity index (χ1n) is 10.6. The summed E-state index contributed by atoms with van der Waals surface area (Å²) in [6.45, 7) is 0. The fourth-order valence-electron chi connectivity index (χ4n) is 4.98. The van der Waals surface area contributed by atoms with Crippen molar-refractivity contribution in [1.29, 1.82) is 0 Å². The van der Waals surface area contributed by atoms with Crippen LogP contribution in [0.4, 0.5) is 13.2 Å². The van der Waals surface area contributed by atoms with Crippen molar-refractivity contribution in [2.45, 2.75) is 50.2 Å². The number of rotatable bonds is 4. The van der Waals surface area contributed by atoms with E-state index < -0.39 is 11.6 Å². The number of halogens is 3. The van der Waals surface area contributed by atoms with Crippen LogP contribution in [0, 0.1) is 23.4 Å². The summed E-state index contributed by atoms with van der Waals surface area (Å²) >= 11 is 0. The second-order valence-corrected chi connectivity index (χ2v) is 8.77. The molecule has 0 aliphatic heterocycles. The molecule has 2 aliphatic rings. The third-order valence-electron chi connectivity index (χ3n) is 6.67. The SMILES string of the molecule is O=C(N[C@@H]1CC[C@H](O)C1)[C@H]1C[C@H](c2c(-c3ccc(F)cc3)[nH]c3c(F)cc(F)cc32)C1. The number of carbonyl (C=O) groups is 1. The minimum atomic E-state index is -0.682. The van der Waals surface area contributed by atoms with Gasteiger partial charge in [-0.2, -0.15) is 0 Å². The third kappa shape index (κ3) is 3.71. The fraction of sp³-hybridized carbons (Fsp3) is 0.375. The van der Waals surface area contributed by atoms with Gasteiger partial charge in [0, 0.05) is 23.4 Å². The van der Waals surface area contributed by atoms with Crippen LogP contribution in [0.2, 0.25) is 0 Å². The van der Waals surface area contributed by atoms with E-state index in [0.29, 0.717) is 42.3 Å². The topological polar surface area (TPSA) is 65.1 Å². The van der Waals surface area contributed by atoms with Gasteiger partial charge in [0.05, 0.1) is 17.3 Å². The summed E-state index contributed by atoms with van der Waals surface area (Å²) in [5.41, 5.74) is 2.28. The maximum Gasteiger partial charge on any atom is 0.223 e. The van der Waals surface area contributed by atoms with Crippen molar-refractivity contribution in [3.63, 3.8) is 0 Å². The molecular weight excluding hydrogens is 405 g/mol. The molecule has 2 aliphatic carbocycles. The molecule has 1 amide bonds. The first-order chi connectivity index (χ1) is 14.9. The molecule has 0 spiro atoms. The predicted molar refractivity (Wildman–Crippen MR) is 111 cm³/mol. The zero-order valence-electron chi connectivity index (χ0n) is 16.8. The molecule has 2 saturated carbocycles. The van der Waals surface area contributed by atoms with E-state index in [1.807, 2.05) is 0 Å². The van der Waals surface area contributed by atoms with E-state index in [9.17, 15) is 23.1 Å². The molecule has 5 rings (SSSR count). The van der Waals surface area contributed by atoms with Crippen molar-refractivity contribution in [2.75, 3.05) is 0 Å². The fourth-order valence-corrected chi connectivity index (χ4v) is 4.98. The van der Waals surface area contributed by atoms with Crippen molar-refractivity contribution < 1.29 is 23.1 Å². The van der Waals surface area contributed by atoms with Gasteiger partial charge in [-0.1, -0.05) is 0 Å². The van der Waals surface area contributed by atoms with Crippen LogP contribution in [-0.2, 0) is 4.79 Å². The van der Waals surface area contributed by atoms with Crippen molar-refractivity contribution in [3.8, 4) is 11.3 Å². The zero-order valence-corrected chi connectivity index (χ0v) is 16.8. The van der Waals surface area contributed by atoms with Crippen LogP contribution in [0.5, 0.6) is 0 Å². The summed E-state index contributed by atoms with van der Waals surface area (Å²) in [6.07, 6.45) is 2.84. The molecule has 0 unspecified atom stereocenters. The molecule has 31 heavy (non-hydrogen) atoms. The molecule has 1 heterocycles. The average molecular weight is 428 g/mol. The van der Waals surface area contributed by atoms with E-state index in [4.69, 9.17) is 0 Å². The maximum absolute atomic E-state index is 14.5. The number of hydrogen-bond acceptors (Lipinski definition) is 2. The second-order valence-electron chi connectivity index (χ2n) is 8.77. The second kappa shape index (κ2) is 7.71. The zero-order chi connectivity index (χ0) is 21.7. The molecule has 2 atom stereocenters. The van der Waals surface area contributed by atoms with E-state index in [1.165, 1.54) is 18.2 Å². The molecule has 2 aromatic carbocycles. The van der Waals surface area contributed by atoms with Crippen molar-refractivity contribution in [2.24, 2.45) is 5.92 Å². The summed E-state index contributed by atoms with van der Waals surface area (Å²) in [7, 11) is 0. The molecule has 2 fully saturated rings. The standard InChI is InChI=1S/C24H23F3N2O2/c25-15-3-1-12(2-4-15)22-21(19-9-16(26)10-20(27)23(19)29-22)13-7-14(8-13)24(31)28-17-5-6-18(30)11-17/h1-4,9-10,13-14,17-18,29-30H,5-8,11H2,(H,28,31)/t13-,14-,17-,18+/m1/s1. The van der Waals surface area contributed by atoms with Gasteiger partial charge in [0.1, 0.15) is 17.5 Å². The normalized spacial score (nSPS) is 25.5. The molecule has 0 saturated heterocycles. The number of fused-ring (bicyclic) bond motifs is 1. The highest BCUT2D eigenvalue weighted by Crippen LogP contribution is 2.48. The Labute approximate surface area is 177 Å². The van der Waals surface area contributed by atoms with Gasteiger partial charge in [0.25, 0.3) is 0 Å². The Hall–Kier alpha value is -2.80. The number of aromatic amines is 1. The highest BCUT2D eigenvalue weighted by molar-refractivity contribution is 5.92. The lowest BCUT2D eigenvalue weighted by Crippen LogP contribution is -2.42. The van der Waals surface area contributed by atoms with Crippen LogP contribution < -0.4 is 5.32 Å². The van der Waals surface area contributed by atoms with Gasteiger partial charge in [-0.15, -0.1) is 0 Å². The highest BCUT2D eigenvalue weighted by Gasteiger charge is 2.39.